The Morgan fingerprint density at radius 2 is 1.62 bits per heavy atom. The molecule has 96 valence electrons. The van der Waals surface area contributed by atoms with E-state index in [0.717, 1.165) is 32.7 Å². The number of hydrogen-bond donors (Lipinski definition) is 1. The fourth-order valence-corrected chi connectivity index (χ4v) is 1.80. The number of nitrogens with zero attached hydrogens (tertiary/aromatic N) is 2. The van der Waals surface area contributed by atoms with Crippen molar-refractivity contribution >= 4 is 0 Å². The lowest BCUT2D eigenvalue weighted by Crippen LogP contribution is -2.48. The smallest absolute Gasteiger partial charge is 0.307 e. The van der Waals surface area contributed by atoms with Gasteiger partial charge in [-0.25, -0.2) is 0 Å². The number of piperazine rings is 1. The zero-order valence-electron chi connectivity index (χ0n) is 9.69. The van der Waals surface area contributed by atoms with E-state index in [0.29, 0.717) is 13.1 Å². The molecule has 1 saturated heterocycles. The molecule has 0 aromatic rings. The van der Waals surface area contributed by atoms with Crippen LogP contribution < -0.4 is 5.32 Å². The molecule has 0 unspecified atom stereocenters. The van der Waals surface area contributed by atoms with Gasteiger partial charge in [-0.2, -0.15) is 13.2 Å². The average Bonchev–Trinajstić information content (AvgIpc) is 2.24. The minimum atomic E-state index is -4.10. The first-order chi connectivity index (χ1) is 7.51. The molecule has 1 aliphatic heterocycles. The molecule has 0 radical (unpaired) electrons. The predicted molar refractivity (Wildman–Crippen MR) is 57.5 cm³/mol. The third-order valence-corrected chi connectivity index (χ3v) is 2.84. The van der Waals surface area contributed by atoms with Gasteiger partial charge in [0.05, 0.1) is 6.54 Å². The molecule has 1 N–H and O–H groups in total. The molecule has 0 aromatic carbocycles. The van der Waals surface area contributed by atoms with Crippen molar-refractivity contribution in [3.05, 3.63) is 0 Å². The Kier molecular flexibility index (Phi) is 5.51. The maximum Gasteiger partial charge on any atom is 0.401 e. The van der Waals surface area contributed by atoms with E-state index in [9.17, 15) is 13.2 Å². The van der Waals surface area contributed by atoms with Crippen LogP contribution in [0.25, 0.3) is 0 Å². The maximum atomic E-state index is 11.8. The molecule has 3 nitrogen and oxygen atoms in total. The minimum Gasteiger partial charge on any atom is -0.307 e. The van der Waals surface area contributed by atoms with Gasteiger partial charge in [-0.3, -0.25) is 4.90 Å². The zero-order valence-corrected chi connectivity index (χ0v) is 9.69. The van der Waals surface area contributed by atoms with Crippen LogP contribution >= 0.6 is 0 Å². The van der Waals surface area contributed by atoms with E-state index >= 15 is 0 Å². The van der Waals surface area contributed by atoms with Crippen molar-refractivity contribution in [1.29, 1.82) is 0 Å². The zero-order chi connectivity index (χ0) is 12.0. The number of rotatable bonds is 5. The number of likely N-dealkylation sites (N-methyl/N-ethyl adjacent to an activating group) is 1. The summed E-state index contributed by atoms with van der Waals surface area (Å²) >= 11 is 0. The maximum absolute atomic E-state index is 11.8. The van der Waals surface area contributed by atoms with E-state index < -0.39 is 12.7 Å². The molecule has 1 rings (SSSR count). The average molecular weight is 239 g/mol. The number of hydrogen-bond acceptors (Lipinski definition) is 3. The molecular weight excluding hydrogens is 219 g/mol. The fraction of sp³-hybridized carbons (Fsp3) is 1.00. The molecule has 1 heterocycles. The standard InChI is InChI=1S/C10H20F3N3/c1-2-15-5-7-16(8-6-15)4-3-14-9-10(11,12)13/h14H,2-9H2,1H3. The van der Waals surface area contributed by atoms with Crippen LogP contribution in [0.1, 0.15) is 6.92 Å². The molecule has 0 aliphatic carbocycles. The summed E-state index contributed by atoms with van der Waals surface area (Å²) in [5, 5.41) is 2.42. The van der Waals surface area contributed by atoms with Crippen LogP contribution in [0.3, 0.4) is 0 Å². The SMILES string of the molecule is CCN1CCN(CCNCC(F)(F)F)CC1. The van der Waals surface area contributed by atoms with Gasteiger partial charge in [0.2, 0.25) is 0 Å². The van der Waals surface area contributed by atoms with Crippen LogP contribution in [0.5, 0.6) is 0 Å². The van der Waals surface area contributed by atoms with E-state index in [4.69, 9.17) is 0 Å². The Hall–Kier alpha value is -0.330. The summed E-state index contributed by atoms with van der Waals surface area (Å²) in [5.41, 5.74) is 0. The monoisotopic (exact) mass is 239 g/mol. The molecular formula is C10H20F3N3. The summed E-state index contributed by atoms with van der Waals surface area (Å²) in [4.78, 5) is 4.55. The molecule has 6 heteroatoms. The largest absolute Gasteiger partial charge is 0.401 e. The first-order valence-electron chi connectivity index (χ1n) is 5.73. The summed E-state index contributed by atoms with van der Waals surface area (Å²) in [5.74, 6) is 0. The van der Waals surface area contributed by atoms with Crippen molar-refractivity contribution in [3.63, 3.8) is 0 Å². The van der Waals surface area contributed by atoms with Gasteiger partial charge in [0.1, 0.15) is 0 Å². The van der Waals surface area contributed by atoms with Crippen LogP contribution in [0, 0.1) is 0 Å². The minimum absolute atomic E-state index is 0.408. The normalized spacial score (nSPS) is 20.2. The molecule has 0 atom stereocenters. The van der Waals surface area contributed by atoms with E-state index in [1.807, 2.05) is 0 Å². The highest BCUT2D eigenvalue weighted by atomic mass is 19.4. The van der Waals surface area contributed by atoms with Crippen molar-refractivity contribution in [2.24, 2.45) is 0 Å². The Balaban J connectivity index is 2.02. The highest BCUT2D eigenvalue weighted by Crippen LogP contribution is 2.11. The third kappa shape index (κ3) is 5.67. The highest BCUT2D eigenvalue weighted by molar-refractivity contribution is 4.71. The quantitative estimate of drug-likeness (QED) is 0.715. The number of halogens is 3. The molecule has 1 fully saturated rings. The molecule has 0 spiro atoms. The fourth-order valence-electron chi connectivity index (χ4n) is 1.80. The van der Waals surface area contributed by atoms with E-state index in [1.54, 1.807) is 0 Å². The molecule has 0 aromatic heterocycles. The van der Waals surface area contributed by atoms with Crippen molar-refractivity contribution in [2.45, 2.75) is 13.1 Å². The lowest BCUT2D eigenvalue weighted by Gasteiger charge is -2.34. The second kappa shape index (κ2) is 6.42. The van der Waals surface area contributed by atoms with Crippen LogP contribution in [0.2, 0.25) is 0 Å². The molecule has 0 amide bonds. The van der Waals surface area contributed by atoms with E-state index in [1.165, 1.54) is 0 Å². The van der Waals surface area contributed by atoms with Crippen LogP contribution in [-0.2, 0) is 0 Å². The molecule has 0 bridgehead atoms. The Morgan fingerprint density at radius 3 is 2.12 bits per heavy atom. The Bertz CT molecular complexity index is 188. The van der Waals surface area contributed by atoms with Crippen molar-refractivity contribution < 1.29 is 13.2 Å². The van der Waals surface area contributed by atoms with Gasteiger partial charge >= 0.3 is 6.18 Å². The molecule has 1 aliphatic rings. The second-order valence-electron chi connectivity index (χ2n) is 4.07. The van der Waals surface area contributed by atoms with Gasteiger partial charge in [-0.15, -0.1) is 0 Å². The Morgan fingerprint density at radius 1 is 1.06 bits per heavy atom. The summed E-state index contributed by atoms with van der Waals surface area (Å²) in [7, 11) is 0. The van der Waals surface area contributed by atoms with Gasteiger partial charge < -0.3 is 10.2 Å². The summed E-state index contributed by atoms with van der Waals surface area (Å²) < 4.78 is 35.5. The van der Waals surface area contributed by atoms with Gasteiger partial charge in [0.25, 0.3) is 0 Å². The number of nitrogens with one attached hydrogen (secondary N) is 1. The third-order valence-electron chi connectivity index (χ3n) is 2.84. The molecule has 0 saturated carbocycles. The van der Waals surface area contributed by atoms with Crippen LogP contribution in [0.15, 0.2) is 0 Å². The van der Waals surface area contributed by atoms with Crippen LogP contribution in [0.4, 0.5) is 13.2 Å². The summed E-state index contributed by atoms with van der Waals surface area (Å²) in [6.07, 6.45) is -4.10. The van der Waals surface area contributed by atoms with E-state index in [2.05, 4.69) is 22.0 Å². The van der Waals surface area contributed by atoms with Gasteiger partial charge in [-0.05, 0) is 6.54 Å². The van der Waals surface area contributed by atoms with Gasteiger partial charge in [0, 0.05) is 39.3 Å². The lowest BCUT2D eigenvalue weighted by molar-refractivity contribution is -0.124. The topological polar surface area (TPSA) is 18.5 Å². The highest BCUT2D eigenvalue weighted by Gasteiger charge is 2.26. The van der Waals surface area contributed by atoms with Crippen molar-refractivity contribution in [1.82, 2.24) is 15.1 Å². The first-order valence-corrected chi connectivity index (χ1v) is 5.73. The van der Waals surface area contributed by atoms with Gasteiger partial charge in [0.15, 0.2) is 0 Å². The molecule has 16 heavy (non-hydrogen) atoms. The second-order valence-corrected chi connectivity index (χ2v) is 4.07. The van der Waals surface area contributed by atoms with Gasteiger partial charge in [-0.1, -0.05) is 6.92 Å². The van der Waals surface area contributed by atoms with Crippen LogP contribution in [-0.4, -0.2) is 68.3 Å². The lowest BCUT2D eigenvalue weighted by atomic mass is 10.3. The summed E-state index contributed by atoms with van der Waals surface area (Å²) in [6, 6.07) is 0. The van der Waals surface area contributed by atoms with Crippen molar-refractivity contribution in [3.8, 4) is 0 Å². The summed E-state index contributed by atoms with van der Waals surface area (Å²) in [6.45, 7) is 7.37. The van der Waals surface area contributed by atoms with E-state index in [-0.39, 0.29) is 0 Å². The Labute approximate surface area is 94.6 Å². The number of alkyl halides is 3. The first kappa shape index (κ1) is 13.7. The predicted octanol–water partition coefficient (Wildman–Crippen LogP) is 0.776. The van der Waals surface area contributed by atoms with Crippen molar-refractivity contribution in [2.75, 3.05) is 52.4 Å².